The Hall–Kier alpha value is -2.69. The molecule has 2 aromatic rings. The van der Waals surface area contributed by atoms with Gasteiger partial charge in [-0.25, -0.2) is 4.39 Å². The highest BCUT2D eigenvalue weighted by Gasteiger charge is 2.27. The highest BCUT2D eigenvalue weighted by molar-refractivity contribution is 5.88. The number of hydrogen-bond acceptors (Lipinski definition) is 2. The molecule has 27 heavy (non-hydrogen) atoms. The van der Waals surface area contributed by atoms with Crippen LogP contribution in [-0.2, 0) is 22.6 Å². The maximum Gasteiger partial charge on any atom is 0.242 e. The Bertz CT molecular complexity index is 787. The monoisotopic (exact) mass is 370 g/mol. The number of halogens is 1. The van der Waals surface area contributed by atoms with Crippen LogP contribution >= 0.6 is 0 Å². The fourth-order valence-corrected chi connectivity index (χ4v) is 2.78. The number of aryl methyl sites for hydroxylation is 1. The van der Waals surface area contributed by atoms with Crippen LogP contribution in [0.2, 0.25) is 0 Å². The van der Waals surface area contributed by atoms with Crippen molar-refractivity contribution in [2.45, 2.75) is 52.7 Å². The molecule has 0 aliphatic rings. The summed E-state index contributed by atoms with van der Waals surface area (Å²) < 4.78 is 14.0. The van der Waals surface area contributed by atoms with Gasteiger partial charge in [-0.15, -0.1) is 0 Å². The summed E-state index contributed by atoms with van der Waals surface area (Å²) in [5, 5.41) is 2.84. The molecule has 0 unspecified atom stereocenters. The second-order valence-electron chi connectivity index (χ2n) is 7.11. The first-order valence-electron chi connectivity index (χ1n) is 9.16. The van der Waals surface area contributed by atoms with E-state index in [1.807, 2.05) is 45.0 Å². The van der Waals surface area contributed by atoms with Crippen LogP contribution in [0.5, 0.6) is 0 Å². The van der Waals surface area contributed by atoms with Crippen LogP contribution in [0.4, 0.5) is 4.39 Å². The summed E-state index contributed by atoms with van der Waals surface area (Å²) in [5.74, 6) is -0.925. The van der Waals surface area contributed by atoms with Gasteiger partial charge in [0.2, 0.25) is 11.8 Å². The van der Waals surface area contributed by atoms with Crippen molar-refractivity contribution in [2.75, 3.05) is 0 Å². The van der Waals surface area contributed by atoms with Gasteiger partial charge in [-0.05, 0) is 44.9 Å². The van der Waals surface area contributed by atoms with Crippen molar-refractivity contribution in [1.82, 2.24) is 10.2 Å². The van der Waals surface area contributed by atoms with Crippen molar-refractivity contribution < 1.29 is 14.0 Å². The van der Waals surface area contributed by atoms with Gasteiger partial charge in [-0.3, -0.25) is 9.59 Å². The predicted molar refractivity (Wildman–Crippen MR) is 105 cm³/mol. The minimum atomic E-state index is -0.659. The number of carbonyl (C=O) groups excluding carboxylic acids is 2. The van der Waals surface area contributed by atoms with Crippen LogP contribution < -0.4 is 5.32 Å². The molecule has 0 heterocycles. The molecule has 0 aromatic heterocycles. The summed E-state index contributed by atoms with van der Waals surface area (Å²) in [7, 11) is 0. The molecule has 0 aliphatic heterocycles. The molecule has 2 rings (SSSR count). The predicted octanol–water partition coefficient (Wildman–Crippen LogP) is 3.62. The largest absolute Gasteiger partial charge is 0.352 e. The van der Waals surface area contributed by atoms with Crippen molar-refractivity contribution >= 4 is 11.8 Å². The lowest BCUT2D eigenvalue weighted by Gasteiger charge is -2.29. The Balaban J connectivity index is 2.24. The zero-order valence-corrected chi connectivity index (χ0v) is 16.3. The zero-order valence-electron chi connectivity index (χ0n) is 16.3. The van der Waals surface area contributed by atoms with Crippen molar-refractivity contribution in [3.05, 3.63) is 71.0 Å². The number of carbonyl (C=O) groups is 2. The van der Waals surface area contributed by atoms with Crippen LogP contribution in [0.15, 0.2) is 48.5 Å². The van der Waals surface area contributed by atoms with E-state index < -0.39 is 11.9 Å². The summed E-state index contributed by atoms with van der Waals surface area (Å²) in [6.07, 6.45) is -0.0855. The minimum absolute atomic E-state index is 0.0251. The van der Waals surface area contributed by atoms with Gasteiger partial charge in [0.15, 0.2) is 0 Å². The SMILES string of the molecule is Cc1ccc(CN(C(=O)Cc2ccccc2F)[C@H](C)C(=O)NC(C)C)cc1. The fourth-order valence-electron chi connectivity index (χ4n) is 2.78. The van der Waals surface area contributed by atoms with Gasteiger partial charge >= 0.3 is 0 Å². The van der Waals surface area contributed by atoms with E-state index in [1.165, 1.54) is 11.0 Å². The summed E-state index contributed by atoms with van der Waals surface area (Å²) in [6, 6.07) is 13.3. The Morgan fingerprint density at radius 3 is 2.26 bits per heavy atom. The third kappa shape index (κ3) is 5.91. The van der Waals surface area contributed by atoms with E-state index in [-0.39, 0.29) is 24.3 Å². The first-order chi connectivity index (χ1) is 12.8. The molecule has 0 fully saturated rings. The first-order valence-corrected chi connectivity index (χ1v) is 9.16. The van der Waals surface area contributed by atoms with Gasteiger partial charge in [0, 0.05) is 12.6 Å². The standard InChI is InChI=1S/C22H27FN2O2/c1-15(2)24-22(27)17(4)25(14-18-11-9-16(3)10-12-18)21(26)13-19-7-5-6-8-20(19)23/h5-12,15,17H,13-14H2,1-4H3,(H,24,27)/t17-/m1/s1. The quantitative estimate of drug-likeness (QED) is 0.809. The smallest absolute Gasteiger partial charge is 0.242 e. The van der Waals surface area contributed by atoms with Gasteiger partial charge in [0.1, 0.15) is 11.9 Å². The molecule has 4 nitrogen and oxygen atoms in total. The number of nitrogens with one attached hydrogen (secondary N) is 1. The maximum atomic E-state index is 14.0. The summed E-state index contributed by atoms with van der Waals surface area (Å²) >= 11 is 0. The van der Waals surface area contributed by atoms with Crippen molar-refractivity contribution in [3.8, 4) is 0 Å². The van der Waals surface area contributed by atoms with Gasteiger partial charge in [-0.1, -0.05) is 48.0 Å². The van der Waals surface area contributed by atoms with E-state index in [1.54, 1.807) is 25.1 Å². The van der Waals surface area contributed by atoms with Gasteiger partial charge < -0.3 is 10.2 Å². The van der Waals surface area contributed by atoms with Crippen LogP contribution in [-0.4, -0.2) is 28.8 Å². The maximum absolute atomic E-state index is 14.0. The third-order valence-corrected chi connectivity index (χ3v) is 4.37. The molecule has 0 saturated carbocycles. The Morgan fingerprint density at radius 2 is 1.67 bits per heavy atom. The minimum Gasteiger partial charge on any atom is -0.352 e. The Morgan fingerprint density at radius 1 is 1.04 bits per heavy atom. The lowest BCUT2D eigenvalue weighted by atomic mass is 10.1. The summed E-state index contributed by atoms with van der Waals surface area (Å²) in [5.41, 5.74) is 2.37. The van der Waals surface area contributed by atoms with Gasteiger partial charge in [0.05, 0.1) is 6.42 Å². The molecule has 1 atom stereocenters. The van der Waals surface area contributed by atoms with Crippen LogP contribution in [0, 0.1) is 12.7 Å². The number of nitrogens with zero attached hydrogens (tertiary/aromatic N) is 1. The third-order valence-electron chi connectivity index (χ3n) is 4.37. The van der Waals surface area contributed by atoms with Crippen molar-refractivity contribution in [1.29, 1.82) is 0 Å². The molecule has 0 bridgehead atoms. The number of benzene rings is 2. The van der Waals surface area contributed by atoms with Gasteiger partial charge in [-0.2, -0.15) is 0 Å². The summed E-state index contributed by atoms with van der Waals surface area (Å²) in [6.45, 7) is 7.72. The van der Waals surface area contributed by atoms with Gasteiger partial charge in [0.25, 0.3) is 0 Å². The van der Waals surface area contributed by atoms with E-state index in [9.17, 15) is 14.0 Å². The van der Waals surface area contributed by atoms with E-state index >= 15 is 0 Å². The van der Waals surface area contributed by atoms with Crippen LogP contribution in [0.25, 0.3) is 0 Å². The lowest BCUT2D eigenvalue weighted by molar-refractivity contribution is -0.140. The molecule has 0 aliphatic carbocycles. The van der Waals surface area contributed by atoms with E-state index in [0.717, 1.165) is 11.1 Å². The fraction of sp³-hybridized carbons (Fsp3) is 0.364. The van der Waals surface area contributed by atoms with Crippen LogP contribution in [0.1, 0.15) is 37.5 Å². The van der Waals surface area contributed by atoms with E-state index in [2.05, 4.69) is 5.32 Å². The van der Waals surface area contributed by atoms with E-state index in [0.29, 0.717) is 12.1 Å². The second-order valence-corrected chi connectivity index (χ2v) is 7.11. The lowest BCUT2D eigenvalue weighted by Crippen LogP contribution is -2.49. The zero-order chi connectivity index (χ0) is 20.0. The molecule has 144 valence electrons. The highest BCUT2D eigenvalue weighted by Crippen LogP contribution is 2.15. The molecule has 0 radical (unpaired) electrons. The normalized spacial score (nSPS) is 11.9. The Kier molecular flexibility index (Phi) is 7.11. The summed E-state index contributed by atoms with van der Waals surface area (Å²) in [4.78, 5) is 26.9. The first kappa shape index (κ1) is 20.6. The molecule has 1 N–H and O–H groups in total. The van der Waals surface area contributed by atoms with Crippen molar-refractivity contribution in [2.24, 2.45) is 0 Å². The molecular formula is C22H27FN2O2. The second kappa shape index (κ2) is 9.31. The molecule has 0 spiro atoms. The number of rotatable bonds is 7. The molecule has 2 amide bonds. The highest BCUT2D eigenvalue weighted by atomic mass is 19.1. The topological polar surface area (TPSA) is 49.4 Å². The molecule has 2 aromatic carbocycles. The average molecular weight is 370 g/mol. The van der Waals surface area contributed by atoms with Crippen molar-refractivity contribution in [3.63, 3.8) is 0 Å². The Labute approximate surface area is 160 Å². The average Bonchev–Trinajstić information content (AvgIpc) is 2.62. The molecule has 0 saturated heterocycles. The number of amides is 2. The number of hydrogen-bond donors (Lipinski definition) is 1. The van der Waals surface area contributed by atoms with E-state index in [4.69, 9.17) is 0 Å². The molecule has 5 heteroatoms. The molecular weight excluding hydrogens is 343 g/mol. The van der Waals surface area contributed by atoms with Crippen LogP contribution in [0.3, 0.4) is 0 Å².